The van der Waals surface area contributed by atoms with E-state index in [4.69, 9.17) is 21.1 Å². The Morgan fingerprint density at radius 1 is 1.17 bits per heavy atom. The predicted molar refractivity (Wildman–Crippen MR) is 63.3 cm³/mol. The molecule has 0 amide bonds. The Morgan fingerprint density at radius 3 is 2.44 bits per heavy atom. The molecule has 0 saturated heterocycles. The van der Waals surface area contributed by atoms with E-state index < -0.39 is 19.2 Å². The van der Waals surface area contributed by atoms with Crippen molar-refractivity contribution in [2.45, 2.75) is 25.4 Å². The van der Waals surface area contributed by atoms with Gasteiger partial charge in [-0.15, -0.1) is 11.6 Å². The van der Waals surface area contributed by atoms with Crippen molar-refractivity contribution in [1.29, 1.82) is 0 Å². The summed E-state index contributed by atoms with van der Waals surface area (Å²) >= 11 is 5.67. The third-order valence-electron chi connectivity index (χ3n) is 2.11. The van der Waals surface area contributed by atoms with Crippen LogP contribution in [0.15, 0.2) is 18.2 Å². The maximum atomic E-state index is 12.0. The van der Waals surface area contributed by atoms with Crippen LogP contribution in [0.2, 0.25) is 0 Å². The van der Waals surface area contributed by atoms with Gasteiger partial charge in [-0.25, -0.2) is 0 Å². The number of halogens is 4. The topological polar surface area (TPSA) is 18.5 Å². The fourth-order valence-corrected chi connectivity index (χ4v) is 1.47. The van der Waals surface area contributed by atoms with Crippen molar-refractivity contribution in [2.24, 2.45) is 0 Å². The van der Waals surface area contributed by atoms with E-state index in [1.54, 1.807) is 25.1 Å². The number of rotatable bonds is 6. The van der Waals surface area contributed by atoms with E-state index in [2.05, 4.69) is 0 Å². The van der Waals surface area contributed by atoms with Gasteiger partial charge in [-0.05, 0) is 24.6 Å². The van der Waals surface area contributed by atoms with E-state index in [0.29, 0.717) is 24.0 Å². The van der Waals surface area contributed by atoms with Crippen molar-refractivity contribution in [3.8, 4) is 11.5 Å². The van der Waals surface area contributed by atoms with Crippen molar-refractivity contribution >= 4 is 11.6 Å². The zero-order valence-electron chi connectivity index (χ0n) is 9.89. The first kappa shape index (κ1) is 15.0. The molecule has 0 heterocycles. The van der Waals surface area contributed by atoms with Crippen LogP contribution in [0.1, 0.15) is 18.9 Å². The molecule has 0 bridgehead atoms. The quantitative estimate of drug-likeness (QED) is 0.730. The summed E-state index contributed by atoms with van der Waals surface area (Å²) in [4.78, 5) is 0. The van der Waals surface area contributed by atoms with Gasteiger partial charge in [0.2, 0.25) is 0 Å². The highest BCUT2D eigenvalue weighted by molar-refractivity contribution is 6.17. The molecule has 0 spiro atoms. The van der Waals surface area contributed by atoms with Crippen molar-refractivity contribution in [1.82, 2.24) is 0 Å². The minimum atomic E-state index is -4.22. The van der Waals surface area contributed by atoms with Crippen LogP contribution in [0.3, 0.4) is 0 Å². The number of ether oxygens (including phenoxy) is 2. The lowest BCUT2D eigenvalue weighted by Gasteiger charge is -2.13. The van der Waals surface area contributed by atoms with Gasteiger partial charge in [0.05, 0.1) is 19.6 Å². The molecular formula is C12H14ClF3O2. The van der Waals surface area contributed by atoms with E-state index >= 15 is 0 Å². The second kappa shape index (κ2) is 6.73. The Labute approximate surface area is 109 Å². The first-order valence-electron chi connectivity index (χ1n) is 5.47. The first-order valence-corrected chi connectivity index (χ1v) is 6.01. The van der Waals surface area contributed by atoms with Crippen molar-refractivity contribution < 1.29 is 22.6 Å². The second-order valence-corrected chi connectivity index (χ2v) is 3.83. The van der Waals surface area contributed by atoms with Gasteiger partial charge in [0.25, 0.3) is 0 Å². The van der Waals surface area contributed by atoms with Crippen LogP contribution in [0, 0.1) is 0 Å². The fourth-order valence-electron chi connectivity index (χ4n) is 1.30. The summed E-state index contributed by atoms with van der Waals surface area (Å²) in [6, 6.07) is 4.93. The molecule has 0 aliphatic rings. The minimum Gasteiger partial charge on any atom is -0.490 e. The Bertz CT molecular complexity index is 380. The number of alkyl halides is 4. The van der Waals surface area contributed by atoms with E-state index in [0.717, 1.165) is 5.56 Å². The van der Waals surface area contributed by atoms with Crippen LogP contribution in [0.25, 0.3) is 0 Å². The third kappa shape index (κ3) is 5.04. The molecule has 0 aliphatic carbocycles. The van der Waals surface area contributed by atoms with Gasteiger partial charge >= 0.3 is 6.18 Å². The molecule has 0 aliphatic heterocycles. The molecular weight excluding hydrogens is 269 g/mol. The molecule has 2 nitrogen and oxygen atoms in total. The average Bonchev–Trinajstić information content (AvgIpc) is 2.29. The summed E-state index contributed by atoms with van der Waals surface area (Å²) in [6.45, 7) is 1.76. The van der Waals surface area contributed by atoms with Crippen LogP contribution >= 0.6 is 11.6 Å². The molecule has 6 heteroatoms. The summed E-state index contributed by atoms with van der Waals surface area (Å²) in [5, 5.41) is 0. The molecule has 1 aromatic carbocycles. The minimum absolute atomic E-state index is 0.301. The lowest BCUT2D eigenvalue weighted by atomic mass is 10.2. The summed E-state index contributed by atoms with van der Waals surface area (Å²) < 4.78 is 46.4. The van der Waals surface area contributed by atoms with Gasteiger partial charge in [0.15, 0.2) is 11.5 Å². The fraction of sp³-hybridized carbons (Fsp3) is 0.500. The Hall–Kier alpha value is -1.10. The zero-order valence-corrected chi connectivity index (χ0v) is 10.6. The van der Waals surface area contributed by atoms with Crippen molar-refractivity contribution in [2.75, 3.05) is 13.2 Å². The highest BCUT2D eigenvalue weighted by atomic mass is 35.5. The summed E-state index contributed by atoms with van der Waals surface area (Å²) in [5.74, 6) is 1.02. The van der Waals surface area contributed by atoms with Crippen molar-refractivity contribution in [3.63, 3.8) is 0 Å². The van der Waals surface area contributed by atoms with Crippen LogP contribution in [0.5, 0.6) is 11.5 Å². The number of hydrogen-bond acceptors (Lipinski definition) is 2. The van der Waals surface area contributed by atoms with Gasteiger partial charge < -0.3 is 9.47 Å². The molecule has 0 aromatic heterocycles. The van der Waals surface area contributed by atoms with Gasteiger partial charge in [0.1, 0.15) is 0 Å². The van der Waals surface area contributed by atoms with E-state index in [1.807, 2.05) is 0 Å². The Kier molecular flexibility index (Phi) is 5.59. The molecule has 0 radical (unpaired) electrons. The number of hydrogen-bond donors (Lipinski definition) is 0. The second-order valence-electron chi connectivity index (χ2n) is 3.56. The molecule has 0 N–H and O–H groups in total. The smallest absolute Gasteiger partial charge is 0.392 e. The first-order chi connectivity index (χ1) is 8.46. The van der Waals surface area contributed by atoms with Crippen LogP contribution in [-0.4, -0.2) is 19.4 Å². The Morgan fingerprint density at radius 2 is 1.89 bits per heavy atom. The van der Waals surface area contributed by atoms with E-state index in [9.17, 15) is 13.2 Å². The molecule has 1 rings (SSSR count). The SMILES string of the molecule is CCOc1cc(CCl)ccc1OCCC(F)(F)F. The molecule has 1 aromatic rings. The lowest BCUT2D eigenvalue weighted by Crippen LogP contribution is -2.13. The molecule has 0 fully saturated rings. The molecule has 18 heavy (non-hydrogen) atoms. The number of benzene rings is 1. The summed E-state index contributed by atoms with van der Waals surface area (Å²) in [6.07, 6.45) is -5.21. The maximum Gasteiger partial charge on any atom is 0.392 e. The van der Waals surface area contributed by atoms with E-state index in [-0.39, 0.29) is 0 Å². The van der Waals surface area contributed by atoms with Crippen molar-refractivity contribution in [3.05, 3.63) is 23.8 Å². The average molecular weight is 283 g/mol. The molecule has 0 unspecified atom stereocenters. The largest absolute Gasteiger partial charge is 0.490 e. The van der Waals surface area contributed by atoms with Gasteiger partial charge in [0, 0.05) is 5.88 Å². The standard InChI is InChI=1S/C12H14ClF3O2/c1-2-17-11-7-9(8-13)3-4-10(11)18-6-5-12(14,15)16/h3-4,7H,2,5-6,8H2,1H3. The molecule has 102 valence electrons. The van der Waals surface area contributed by atoms with E-state index in [1.165, 1.54) is 0 Å². The highest BCUT2D eigenvalue weighted by Crippen LogP contribution is 2.30. The van der Waals surface area contributed by atoms with Crippen LogP contribution < -0.4 is 9.47 Å². The summed E-state index contributed by atoms with van der Waals surface area (Å²) in [7, 11) is 0. The predicted octanol–water partition coefficient (Wildman–Crippen LogP) is 4.16. The highest BCUT2D eigenvalue weighted by Gasteiger charge is 2.27. The maximum absolute atomic E-state index is 12.0. The summed E-state index contributed by atoms with van der Waals surface area (Å²) in [5.41, 5.74) is 0.822. The van der Waals surface area contributed by atoms with Crippen LogP contribution in [-0.2, 0) is 5.88 Å². The molecule has 0 saturated carbocycles. The monoisotopic (exact) mass is 282 g/mol. The third-order valence-corrected chi connectivity index (χ3v) is 2.41. The van der Waals surface area contributed by atoms with Gasteiger partial charge in [-0.3, -0.25) is 0 Å². The van der Waals surface area contributed by atoms with Crippen LogP contribution in [0.4, 0.5) is 13.2 Å². The van der Waals surface area contributed by atoms with Gasteiger partial charge in [-0.1, -0.05) is 6.07 Å². The normalized spacial score (nSPS) is 11.4. The molecule has 0 atom stereocenters. The van der Waals surface area contributed by atoms with Gasteiger partial charge in [-0.2, -0.15) is 13.2 Å². The Balaban J connectivity index is 2.68. The lowest BCUT2D eigenvalue weighted by molar-refractivity contribution is -0.139. The zero-order chi connectivity index (χ0) is 13.6.